The van der Waals surface area contributed by atoms with E-state index in [1.807, 2.05) is 6.20 Å². The van der Waals surface area contributed by atoms with E-state index in [9.17, 15) is 0 Å². The van der Waals surface area contributed by atoms with Crippen LogP contribution in [0, 0.1) is 0 Å². The van der Waals surface area contributed by atoms with E-state index in [2.05, 4.69) is 274 Å². The molecule has 0 aliphatic carbocycles. The number of nitrogens with zero attached hydrogens (tertiary/aromatic N) is 4. The van der Waals surface area contributed by atoms with Gasteiger partial charge in [0.25, 0.3) is 0 Å². The Labute approximate surface area is 422 Å². The lowest BCUT2D eigenvalue weighted by molar-refractivity contribution is 0.479. The molecule has 0 unspecified atom stereocenters. The van der Waals surface area contributed by atoms with Gasteiger partial charge in [-0.25, -0.2) is 4.98 Å². The number of anilines is 4. The van der Waals surface area contributed by atoms with Crippen molar-refractivity contribution in [2.45, 2.75) is 117 Å². The first-order chi connectivity index (χ1) is 33.6. The Morgan fingerprint density at radius 1 is 0.380 bits per heavy atom. The summed E-state index contributed by atoms with van der Waals surface area (Å²) < 4.78 is 9.38. The maximum absolute atomic E-state index is 7.09. The van der Waals surface area contributed by atoms with Gasteiger partial charge in [-0.05, 0) is 122 Å². The van der Waals surface area contributed by atoms with E-state index in [0.717, 1.165) is 39.4 Å². The number of para-hydroxylation sites is 1. The van der Waals surface area contributed by atoms with Crippen LogP contribution < -0.4 is 14.5 Å². The summed E-state index contributed by atoms with van der Waals surface area (Å²) in [5, 5.41) is 2.33. The second-order valence-electron chi connectivity index (χ2n) is 24.0. The fourth-order valence-corrected chi connectivity index (χ4v) is 10.3. The summed E-state index contributed by atoms with van der Waals surface area (Å²) in [4.78, 5) is 10.0. The number of hydrogen-bond donors (Lipinski definition) is 0. The number of hydrogen-bond acceptors (Lipinski definition) is 4. The molecule has 7 aromatic carbocycles. The molecule has 5 heteroatoms. The second-order valence-corrected chi connectivity index (χ2v) is 24.0. The lowest BCUT2D eigenvalue weighted by Crippen LogP contribution is -2.26. The summed E-state index contributed by atoms with van der Waals surface area (Å²) in [5.74, 6) is 2.44. The van der Waals surface area contributed by atoms with Crippen molar-refractivity contribution in [1.82, 2.24) is 9.55 Å². The van der Waals surface area contributed by atoms with Gasteiger partial charge < -0.3 is 14.5 Å². The number of benzene rings is 7. The Morgan fingerprint density at radius 3 is 1.51 bits per heavy atom. The molecular formula is C66H70N4O. The average Bonchev–Trinajstić information content (AvgIpc) is 3.89. The Balaban J connectivity index is 1.09. The molecule has 0 radical (unpaired) electrons. The standard InChI is InChI=1S/C66H70N4O/c1-62(2,3)48-34-49(63(4,5)6)36-51(35-48)69-43-68(58-31-28-46(39-60(58)69)65(10,11)44-22-16-14-17-23-44)52-37-50(64(7,8)9)38-54(41-52)71-53-29-30-56-55-26-20-21-27-57(55)70(59(56)42-53)61-40-47(32-33-67-61)66(12,13)45-24-18-15-19-25-45/h14-42H,43H2,1-13H3. The average molecular weight is 935 g/mol. The number of pyridine rings is 1. The van der Waals surface area contributed by atoms with E-state index in [1.54, 1.807) is 0 Å². The predicted octanol–water partition coefficient (Wildman–Crippen LogP) is 17.8. The van der Waals surface area contributed by atoms with Gasteiger partial charge in [-0.15, -0.1) is 0 Å². The Hall–Kier alpha value is -7.11. The van der Waals surface area contributed by atoms with Crippen molar-refractivity contribution in [2.75, 3.05) is 16.5 Å². The molecule has 0 bridgehead atoms. The highest BCUT2D eigenvalue weighted by Gasteiger charge is 2.34. The minimum Gasteiger partial charge on any atom is -0.457 e. The zero-order valence-corrected chi connectivity index (χ0v) is 44.1. The first kappa shape index (κ1) is 47.6. The molecule has 2 aromatic heterocycles. The molecule has 0 N–H and O–H groups in total. The third kappa shape index (κ3) is 8.90. The third-order valence-electron chi connectivity index (χ3n) is 15.2. The molecule has 10 rings (SSSR count). The van der Waals surface area contributed by atoms with E-state index >= 15 is 0 Å². The van der Waals surface area contributed by atoms with E-state index in [4.69, 9.17) is 9.72 Å². The van der Waals surface area contributed by atoms with E-state index in [-0.39, 0.29) is 27.1 Å². The van der Waals surface area contributed by atoms with Crippen molar-refractivity contribution >= 4 is 44.6 Å². The summed E-state index contributed by atoms with van der Waals surface area (Å²) in [5.41, 5.74) is 15.1. The largest absolute Gasteiger partial charge is 0.457 e. The van der Waals surface area contributed by atoms with Gasteiger partial charge in [-0.3, -0.25) is 4.57 Å². The molecule has 360 valence electrons. The van der Waals surface area contributed by atoms with E-state index < -0.39 is 0 Å². The molecule has 1 aliphatic rings. The molecule has 9 aromatic rings. The van der Waals surface area contributed by atoms with Crippen LogP contribution in [-0.2, 0) is 27.1 Å². The molecule has 1 aliphatic heterocycles. The third-order valence-corrected chi connectivity index (χ3v) is 15.2. The molecule has 3 heterocycles. The predicted molar refractivity (Wildman–Crippen MR) is 300 cm³/mol. The smallest absolute Gasteiger partial charge is 0.137 e. The molecule has 5 nitrogen and oxygen atoms in total. The maximum Gasteiger partial charge on any atom is 0.137 e. The van der Waals surface area contributed by atoms with Gasteiger partial charge >= 0.3 is 0 Å². The minimum absolute atomic E-state index is 0.0279. The van der Waals surface area contributed by atoms with Gasteiger partial charge in [0.15, 0.2) is 0 Å². The summed E-state index contributed by atoms with van der Waals surface area (Å²) >= 11 is 0. The van der Waals surface area contributed by atoms with Crippen LogP contribution in [-0.4, -0.2) is 16.2 Å². The number of rotatable bonds is 9. The molecule has 0 spiro atoms. The van der Waals surface area contributed by atoms with E-state index in [1.165, 1.54) is 61.4 Å². The normalized spacial score (nSPS) is 13.6. The van der Waals surface area contributed by atoms with Crippen LogP contribution in [0.25, 0.3) is 27.6 Å². The summed E-state index contributed by atoms with van der Waals surface area (Å²) in [6.45, 7) is 30.7. The Bertz CT molecular complexity index is 3400. The first-order valence-corrected chi connectivity index (χ1v) is 25.4. The van der Waals surface area contributed by atoms with Crippen LogP contribution in [0.2, 0.25) is 0 Å². The lowest BCUT2D eigenvalue weighted by Gasteiger charge is -2.30. The number of aromatic nitrogens is 2. The molecule has 71 heavy (non-hydrogen) atoms. The molecular weight excluding hydrogens is 865 g/mol. The highest BCUT2D eigenvalue weighted by molar-refractivity contribution is 6.09. The van der Waals surface area contributed by atoms with Crippen LogP contribution in [0.4, 0.5) is 22.7 Å². The van der Waals surface area contributed by atoms with E-state index in [0.29, 0.717) is 6.67 Å². The number of fused-ring (bicyclic) bond motifs is 4. The van der Waals surface area contributed by atoms with Crippen molar-refractivity contribution in [3.63, 3.8) is 0 Å². The molecule has 0 saturated carbocycles. The molecule has 0 amide bonds. The van der Waals surface area contributed by atoms with Crippen molar-refractivity contribution in [3.05, 3.63) is 215 Å². The monoisotopic (exact) mass is 935 g/mol. The Kier molecular flexibility index (Phi) is 11.6. The fraction of sp³-hybridized carbons (Fsp3) is 0.288. The van der Waals surface area contributed by atoms with Crippen molar-refractivity contribution in [1.29, 1.82) is 0 Å². The zero-order valence-electron chi connectivity index (χ0n) is 44.1. The van der Waals surface area contributed by atoms with Gasteiger partial charge in [0, 0.05) is 51.3 Å². The Morgan fingerprint density at radius 2 is 0.901 bits per heavy atom. The van der Waals surface area contributed by atoms with Gasteiger partial charge in [0.2, 0.25) is 0 Å². The minimum atomic E-state index is -0.221. The van der Waals surface area contributed by atoms with Crippen LogP contribution in [0.5, 0.6) is 11.5 Å². The highest BCUT2D eigenvalue weighted by Crippen LogP contribution is 2.50. The maximum atomic E-state index is 7.09. The van der Waals surface area contributed by atoms with Crippen LogP contribution in [0.15, 0.2) is 176 Å². The van der Waals surface area contributed by atoms with Crippen LogP contribution in [0.1, 0.15) is 129 Å². The van der Waals surface area contributed by atoms with Crippen LogP contribution in [0.3, 0.4) is 0 Å². The summed E-state index contributed by atoms with van der Waals surface area (Å²) in [6.07, 6.45) is 1.95. The number of ether oxygens (including phenoxy) is 1. The molecule has 0 atom stereocenters. The molecule has 0 saturated heterocycles. The summed E-state index contributed by atoms with van der Waals surface area (Å²) in [6, 6.07) is 62.3. The second kappa shape index (κ2) is 17.3. The van der Waals surface area contributed by atoms with Crippen molar-refractivity contribution in [3.8, 4) is 17.3 Å². The fourth-order valence-electron chi connectivity index (χ4n) is 10.3. The van der Waals surface area contributed by atoms with Crippen molar-refractivity contribution < 1.29 is 4.74 Å². The van der Waals surface area contributed by atoms with Gasteiger partial charge in [0.05, 0.1) is 22.4 Å². The molecule has 0 fully saturated rings. The SMILES string of the molecule is CC(C)(C)c1cc(Oc2ccc3c4ccccc4n(-c4cc(C(C)(C)c5ccccc5)ccn4)c3c2)cc(N2CN(c3cc(C(C)(C)C)cc(C(C)(C)C)c3)c3cc(C(C)(C)c4ccccc4)ccc32)c1. The quantitative estimate of drug-likeness (QED) is 0.144. The first-order valence-electron chi connectivity index (χ1n) is 25.4. The topological polar surface area (TPSA) is 33.5 Å². The van der Waals surface area contributed by atoms with Gasteiger partial charge in [0.1, 0.15) is 24.0 Å². The highest BCUT2D eigenvalue weighted by atomic mass is 16.5. The zero-order chi connectivity index (χ0) is 50.3. The van der Waals surface area contributed by atoms with Crippen LogP contribution >= 0.6 is 0 Å². The van der Waals surface area contributed by atoms with Crippen molar-refractivity contribution in [2.24, 2.45) is 0 Å². The summed E-state index contributed by atoms with van der Waals surface area (Å²) in [7, 11) is 0. The van der Waals surface area contributed by atoms with Gasteiger partial charge in [-0.1, -0.05) is 181 Å². The van der Waals surface area contributed by atoms with Gasteiger partial charge in [-0.2, -0.15) is 0 Å². The lowest BCUT2D eigenvalue weighted by atomic mass is 9.78.